The van der Waals surface area contributed by atoms with Gasteiger partial charge in [0.1, 0.15) is 0 Å². The van der Waals surface area contributed by atoms with E-state index in [1.165, 1.54) is 12.1 Å². The number of halogens is 1. The van der Waals surface area contributed by atoms with Crippen molar-refractivity contribution in [3.63, 3.8) is 0 Å². The van der Waals surface area contributed by atoms with Gasteiger partial charge in [-0.2, -0.15) is 0 Å². The predicted octanol–water partition coefficient (Wildman–Crippen LogP) is 2.03. The van der Waals surface area contributed by atoms with Gasteiger partial charge in [0.15, 0.2) is 11.6 Å². The van der Waals surface area contributed by atoms with Crippen molar-refractivity contribution in [3.8, 4) is 5.75 Å². The lowest BCUT2D eigenvalue weighted by molar-refractivity contribution is 0.251. The van der Waals surface area contributed by atoms with Crippen molar-refractivity contribution in [1.82, 2.24) is 5.32 Å². The standard InChI is InChI=1S/C13H20FNO2/c1-2-10(5-6-16)8-15-9-11-3-4-13(17)12(14)7-11/h3-4,7,10,15-17H,2,5-6,8-9H2,1H3. The van der Waals surface area contributed by atoms with E-state index in [-0.39, 0.29) is 12.4 Å². The van der Waals surface area contributed by atoms with Gasteiger partial charge in [-0.1, -0.05) is 19.4 Å². The first-order valence-electron chi connectivity index (χ1n) is 5.96. The average Bonchev–Trinajstić information content (AvgIpc) is 2.32. The third-order valence-electron chi connectivity index (χ3n) is 2.89. The molecule has 4 heteroatoms. The van der Waals surface area contributed by atoms with E-state index in [2.05, 4.69) is 12.2 Å². The maximum Gasteiger partial charge on any atom is 0.165 e. The van der Waals surface area contributed by atoms with Crippen LogP contribution >= 0.6 is 0 Å². The van der Waals surface area contributed by atoms with Crippen LogP contribution in [-0.2, 0) is 6.54 Å². The second-order valence-corrected chi connectivity index (χ2v) is 4.20. The lowest BCUT2D eigenvalue weighted by Crippen LogP contribution is -2.22. The van der Waals surface area contributed by atoms with Gasteiger partial charge in [0, 0.05) is 13.2 Å². The average molecular weight is 241 g/mol. The van der Waals surface area contributed by atoms with Crippen LogP contribution < -0.4 is 5.32 Å². The van der Waals surface area contributed by atoms with Crippen LogP contribution in [0.4, 0.5) is 4.39 Å². The summed E-state index contributed by atoms with van der Waals surface area (Å²) in [5, 5.41) is 21.1. The van der Waals surface area contributed by atoms with Crippen LogP contribution in [0.15, 0.2) is 18.2 Å². The molecule has 3 nitrogen and oxygen atoms in total. The molecule has 0 radical (unpaired) electrons. The Morgan fingerprint density at radius 1 is 1.41 bits per heavy atom. The van der Waals surface area contributed by atoms with Gasteiger partial charge in [-0.05, 0) is 36.6 Å². The lowest BCUT2D eigenvalue weighted by atomic mass is 10.0. The molecule has 0 aliphatic heterocycles. The molecule has 0 aliphatic rings. The number of phenols is 1. The van der Waals surface area contributed by atoms with Gasteiger partial charge in [-0.3, -0.25) is 0 Å². The van der Waals surface area contributed by atoms with Crippen LogP contribution in [0.5, 0.6) is 5.75 Å². The normalized spacial score (nSPS) is 12.6. The zero-order chi connectivity index (χ0) is 12.7. The fourth-order valence-electron chi connectivity index (χ4n) is 1.71. The third kappa shape index (κ3) is 4.71. The highest BCUT2D eigenvalue weighted by Crippen LogP contribution is 2.16. The van der Waals surface area contributed by atoms with Crippen molar-refractivity contribution < 1.29 is 14.6 Å². The quantitative estimate of drug-likeness (QED) is 0.684. The number of aromatic hydroxyl groups is 1. The Hall–Kier alpha value is -1.13. The Kier molecular flexibility index (Phi) is 5.94. The molecular formula is C13H20FNO2. The molecule has 0 amide bonds. The van der Waals surface area contributed by atoms with E-state index in [9.17, 15) is 4.39 Å². The minimum absolute atomic E-state index is 0.202. The number of nitrogens with one attached hydrogen (secondary N) is 1. The number of phenolic OH excluding ortho intramolecular Hbond substituents is 1. The topological polar surface area (TPSA) is 52.5 Å². The van der Waals surface area contributed by atoms with Crippen LogP contribution in [-0.4, -0.2) is 23.4 Å². The molecular weight excluding hydrogens is 221 g/mol. The summed E-state index contributed by atoms with van der Waals surface area (Å²) in [6, 6.07) is 4.38. The second kappa shape index (κ2) is 7.25. The maximum atomic E-state index is 13.0. The third-order valence-corrected chi connectivity index (χ3v) is 2.89. The van der Waals surface area contributed by atoms with E-state index >= 15 is 0 Å². The summed E-state index contributed by atoms with van der Waals surface area (Å²) < 4.78 is 13.0. The molecule has 1 atom stereocenters. The number of hydrogen-bond donors (Lipinski definition) is 3. The van der Waals surface area contributed by atoms with Gasteiger partial charge in [-0.15, -0.1) is 0 Å². The van der Waals surface area contributed by atoms with Crippen molar-refractivity contribution in [2.75, 3.05) is 13.2 Å². The molecule has 17 heavy (non-hydrogen) atoms. The molecule has 96 valence electrons. The molecule has 0 spiro atoms. The molecule has 0 heterocycles. The summed E-state index contributed by atoms with van der Waals surface area (Å²) >= 11 is 0. The van der Waals surface area contributed by atoms with Crippen LogP contribution in [0.25, 0.3) is 0 Å². The molecule has 0 aromatic heterocycles. The van der Waals surface area contributed by atoms with E-state index in [0.29, 0.717) is 12.5 Å². The first kappa shape index (κ1) is 13.9. The van der Waals surface area contributed by atoms with Crippen molar-refractivity contribution >= 4 is 0 Å². The van der Waals surface area contributed by atoms with E-state index in [1.54, 1.807) is 6.07 Å². The summed E-state index contributed by atoms with van der Waals surface area (Å²) in [6.45, 7) is 3.66. The van der Waals surface area contributed by atoms with Crippen LogP contribution in [0.2, 0.25) is 0 Å². The van der Waals surface area contributed by atoms with Gasteiger partial charge >= 0.3 is 0 Å². The highest BCUT2D eigenvalue weighted by molar-refractivity contribution is 5.27. The van der Waals surface area contributed by atoms with E-state index < -0.39 is 5.82 Å². The second-order valence-electron chi connectivity index (χ2n) is 4.20. The van der Waals surface area contributed by atoms with Gasteiger partial charge < -0.3 is 15.5 Å². The molecule has 0 bridgehead atoms. The van der Waals surface area contributed by atoms with Gasteiger partial charge in [0.25, 0.3) is 0 Å². The van der Waals surface area contributed by atoms with Crippen molar-refractivity contribution in [2.24, 2.45) is 5.92 Å². The Labute approximate surface area is 101 Å². The van der Waals surface area contributed by atoms with E-state index in [0.717, 1.165) is 24.9 Å². The highest BCUT2D eigenvalue weighted by Gasteiger charge is 2.05. The van der Waals surface area contributed by atoms with Crippen molar-refractivity contribution in [3.05, 3.63) is 29.6 Å². The first-order valence-corrected chi connectivity index (χ1v) is 5.96. The van der Waals surface area contributed by atoms with Crippen LogP contribution in [0.1, 0.15) is 25.3 Å². The minimum atomic E-state index is -0.591. The Morgan fingerprint density at radius 3 is 2.76 bits per heavy atom. The van der Waals surface area contributed by atoms with E-state index in [1.807, 2.05) is 0 Å². The van der Waals surface area contributed by atoms with Gasteiger partial charge in [-0.25, -0.2) is 4.39 Å². The minimum Gasteiger partial charge on any atom is -0.505 e. The molecule has 1 aromatic rings. The van der Waals surface area contributed by atoms with Crippen LogP contribution in [0.3, 0.4) is 0 Å². The van der Waals surface area contributed by atoms with Crippen LogP contribution in [0, 0.1) is 11.7 Å². The summed E-state index contributed by atoms with van der Waals surface area (Å²) in [7, 11) is 0. The predicted molar refractivity (Wildman–Crippen MR) is 65.3 cm³/mol. The number of hydrogen-bond acceptors (Lipinski definition) is 3. The fourth-order valence-corrected chi connectivity index (χ4v) is 1.71. The molecule has 0 saturated carbocycles. The smallest absolute Gasteiger partial charge is 0.165 e. The monoisotopic (exact) mass is 241 g/mol. The molecule has 3 N–H and O–H groups in total. The zero-order valence-corrected chi connectivity index (χ0v) is 10.1. The summed E-state index contributed by atoms with van der Waals surface area (Å²) in [4.78, 5) is 0. The number of benzene rings is 1. The largest absolute Gasteiger partial charge is 0.505 e. The fraction of sp³-hybridized carbons (Fsp3) is 0.538. The zero-order valence-electron chi connectivity index (χ0n) is 10.1. The first-order chi connectivity index (χ1) is 8.17. The van der Waals surface area contributed by atoms with Gasteiger partial charge in [0.05, 0.1) is 0 Å². The Morgan fingerprint density at radius 2 is 2.18 bits per heavy atom. The number of aliphatic hydroxyl groups excluding tert-OH is 1. The number of rotatable bonds is 7. The molecule has 1 aromatic carbocycles. The molecule has 0 fully saturated rings. The highest BCUT2D eigenvalue weighted by atomic mass is 19.1. The molecule has 0 aliphatic carbocycles. The Balaban J connectivity index is 2.37. The molecule has 0 saturated heterocycles. The summed E-state index contributed by atoms with van der Waals surface area (Å²) in [6.07, 6.45) is 1.80. The van der Waals surface area contributed by atoms with E-state index in [4.69, 9.17) is 10.2 Å². The van der Waals surface area contributed by atoms with Gasteiger partial charge in [0.2, 0.25) is 0 Å². The summed E-state index contributed by atoms with van der Waals surface area (Å²) in [5.74, 6) is -0.464. The molecule has 1 rings (SSSR count). The maximum absolute atomic E-state index is 13.0. The van der Waals surface area contributed by atoms with Crippen molar-refractivity contribution in [1.29, 1.82) is 0 Å². The number of aliphatic hydroxyl groups is 1. The molecule has 1 unspecified atom stereocenters. The Bertz CT molecular complexity index is 344. The lowest BCUT2D eigenvalue weighted by Gasteiger charge is -2.14. The summed E-state index contributed by atoms with van der Waals surface area (Å²) in [5.41, 5.74) is 0.805. The SMILES string of the molecule is CCC(CCO)CNCc1ccc(O)c(F)c1. The van der Waals surface area contributed by atoms with Crippen molar-refractivity contribution in [2.45, 2.75) is 26.3 Å².